The van der Waals surface area contributed by atoms with Gasteiger partial charge in [0.05, 0.1) is 5.25 Å². The zero-order valence-corrected chi connectivity index (χ0v) is 10.1. The van der Waals surface area contributed by atoms with E-state index in [4.69, 9.17) is 0 Å². The van der Waals surface area contributed by atoms with E-state index >= 15 is 0 Å². The van der Waals surface area contributed by atoms with Crippen molar-refractivity contribution in [2.75, 3.05) is 26.7 Å². The molecular weight excluding hydrogens is 196 g/mol. The highest BCUT2D eigenvalue weighted by atomic mass is 32.1. The zero-order valence-electron chi connectivity index (χ0n) is 9.23. The Balaban J connectivity index is 2.55. The van der Waals surface area contributed by atoms with E-state index in [9.17, 15) is 4.79 Å². The van der Waals surface area contributed by atoms with Gasteiger partial charge in [0.25, 0.3) is 0 Å². The van der Waals surface area contributed by atoms with Crippen LogP contribution >= 0.6 is 12.6 Å². The van der Waals surface area contributed by atoms with Crippen LogP contribution in [0.15, 0.2) is 0 Å². The Hall–Kier alpha value is -0.220. The Morgan fingerprint density at radius 1 is 1.57 bits per heavy atom. The molecule has 82 valence electrons. The van der Waals surface area contributed by atoms with E-state index in [0.717, 1.165) is 26.1 Å². The van der Waals surface area contributed by atoms with Gasteiger partial charge in [-0.25, -0.2) is 0 Å². The maximum Gasteiger partial charge on any atom is 0.235 e. The molecule has 0 aromatic carbocycles. The van der Waals surface area contributed by atoms with Crippen molar-refractivity contribution in [2.45, 2.75) is 31.6 Å². The monoisotopic (exact) mass is 216 g/mol. The second-order valence-electron chi connectivity index (χ2n) is 4.07. The van der Waals surface area contributed by atoms with E-state index in [2.05, 4.69) is 31.5 Å². The Kier molecular flexibility index (Phi) is 4.26. The smallest absolute Gasteiger partial charge is 0.235 e. The molecule has 1 fully saturated rings. The highest BCUT2D eigenvalue weighted by Gasteiger charge is 2.28. The summed E-state index contributed by atoms with van der Waals surface area (Å²) in [7, 11) is 2.09. The molecule has 1 amide bonds. The fourth-order valence-electron chi connectivity index (χ4n) is 1.83. The SMILES string of the molecule is CCC(S)C(=O)N1CCN(C)CC1C. The highest BCUT2D eigenvalue weighted by Crippen LogP contribution is 2.13. The summed E-state index contributed by atoms with van der Waals surface area (Å²) in [6, 6.07) is 0.322. The first kappa shape index (κ1) is 11.9. The lowest BCUT2D eigenvalue weighted by Gasteiger charge is -2.39. The largest absolute Gasteiger partial charge is 0.336 e. The van der Waals surface area contributed by atoms with Crippen LogP contribution in [0.1, 0.15) is 20.3 Å². The van der Waals surface area contributed by atoms with Gasteiger partial charge in [-0.3, -0.25) is 4.79 Å². The Labute approximate surface area is 91.9 Å². The summed E-state index contributed by atoms with van der Waals surface area (Å²) in [5.74, 6) is 0.191. The van der Waals surface area contributed by atoms with Crippen molar-refractivity contribution >= 4 is 18.5 Å². The van der Waals surface area contributed by atoms with Crippen molar-refractivity contribution in [2.24, 2.45) is 0 Å². The first-order valence-electron chi connectivity index (χ1n) is 5.23. The summed E-state index contributed by atoms with van der Waals surface area (Å²) in [5, 5.41) is -0.124. The van der Waals surface area contributed by atoms with Gasteiger partial charge in [-0.1, -0.05) is 6.92 Å². The summed E-state index contributed by atoms with van der Waals surface area (Å²) < 4.78 is 0. The maximum atomic E-state index is 11.9. The highest BCUT2D eigenvalue weighted by molar-refractivity contribution is 7.81. The second-order valence-corrected chi connectivity index (χ2v) is 4.69. The molecule has 0 spiro atoms. The predicted molar refractivity (Wildman–Crippen MR) is 61.7 cm³/mol. The number of thiol groups is 1. The number of carbonyl (C=O) groups is 1. The van der Waals surface area contributed by atoms with Crippen molar-refractivity contribution in [1.82, 2.24) is 9.80 Å². The summed E-state index contributed by atoms with van der Waals surface area (Å²) >= 11 is 4.29. The van der Waals surface area contributed by atoms with E-state index in [1.165, 1.54) is 0 Å². The molecule has 1 heterocycles. The first-order chi connectivity index (χ1) is 6.56. The van der Waals surface area contributed by atoms with Crippen LogP contribution in [-0.2, 0) is 4.79 Å². The van der Waals surface area contributed by atoms with Gasteiger partial charge in [0.1, 0.15) is 0 Å². The molecule has 3 nitrogen and oxygen atoms in total. The Morgan fingerprint density at radius 3 is 2.71 bits per heavy atom. The lowest BCUT2D eigenvalue weighted by Crippen LogP contribution is -2.54. The van der Waals surface area contributed by atoms with Crippen LogP contribution in [0.25, 0.3) is 0 Å². The van der Waals surface area contributed by atoms with Crippen LogP contribution < -0.4 is 0 Å². The molecule has 1 aliphatic rings. The van der Waals surface area contributed by atoms with Crippen LogP contribution in [0.4, 0.5) is 0 Å². The molecule has 1 saturated heterocycles. The van der Waals surface area contributed by atoms with Crippen LogP contribution in [0.2, 0.25) is 0 Å². The molecule has 2 unspecified atom stereocenters. The second kappa shape index (κ2) is 5.03. The molecule has 4 heteroatoms. The summed E-state index contributed by atoms with van der Waals surface area (Å²) in [4.78, 5) is 16.1. The third-order valence-electron chi connectivity index (χ3n) is 2.79. The Morgan fingerprint density at radius 2 is 2.21 bits per heavy atom. The number of piperazine rings is 1. The molecule has 0 N–H and O–H groups in total. The zero-order chi connectivity index (χ0) is 10.7. The van der Waals surface area contributed by atoms with Crippen molar-refractivity contribution in [3.8, 4) is 0 Å². The molecule has 0 radical (unpaired) electrons. The third kappa shape index (κ3) is 2.64. The quantitative estimate of drug-likeness (QED) is 0.692. The van der Waals surface area contributed by atoms with E-state index in [1.54, 1.807) is 0 Å². The van der Waals surface area contributed by atoms with Gasteiger partial charge in [-0.2, -0.15) is 12.6 Å². The van der Waals surface area contributed by atoms with Gasteiger partial charge >= 0.3 is 0 Å². The number of carbonyl (C=O) groups excluding carboxylic acids is 1. The third-order valence-corrected chi connectivity index (χ3v) is 3.37. The maximum absolute atomic E-state index is 11.9. The summed E-state index contributed by atoms with van der Waals surface area (Å²) in [6.07, 6.45) is 0.807. The van der Waals surface area contributed by atoms with Gasteiger partial charge in [0.15, 0.2) is 0 Å². The van der Waals surface area contributed by atoms with E-state index < -0.39 is 0 Å². The molecule has 0 aromatic heterocycles. The van der Waals surface area contributed by atoms with Crippen LogP contribution in [0, 0.1) is 0 Å². The number of amides is 1. The molecule has 0 bridgehead atoms. The van der Waals surface area contributed by atoms with E-state index in [0.29, 0.717) is 6.04 Å². The van der Waals surface area contributed by atoms with Crippen LogP contribution in [0.3, 0.4) is 0 Å². The van der Waals surface area contributed by atoms with Gasteiger partial charge in [-0.05, 0) is 20.4 Å². The minimum absolute atomic E-state index is 0.124. The first-order valence-corrected chi connectivity index (χ1v) is 5.75. The number of hydrogen-bond donors (Lipinski definition) is 1. The Bertz CT molecular complexity index is 210. The molecule has 0 saturated carbocycles. The van der Waals surface area contributed by atoms with Gasteiger partial charge in [0.2, 0.25) is 5.91 Å². The lowest BCUT2D eigenvalue weighted by atomic mass is 10.1. The summed E-state index contributed by atoms with van der Waals surface area (Å²) in [6.45, 7) is 6.88. The van der Waals surface area contributed by atoms with Gasteiger partial charge in [-0.15, -0.1) is 0 Å². The minimum Gasteiger partial charge on any atom is -0.336 e. The number of rotatable bonds is 2. The van der Waals surface area contributed by atoms with E-state index in [-0.39, 0.29) is 11.2 Å². The molecule has 1 aliphatic heterocycles. The molecule has 14 heavy (non-hydrogen) atoms. The van der Waals surface area contributed by atoms with Crippen molar-refractivity contribution in [3.63, 3.8) is 0 Å². The molecule has 0 aliphatic carbocycles. The van der Waals surface area contributed by atoms with Crippen LogP contribution in [0.5, 0.6) is 0 Å². The lowest BCUT2D eigenvalue weighted by molar-refractivity contribution is -0.134. The van der Waals surface area contributed by atoms with E-state index in [1.807, 2.05) is 11.8 Å². The summed E-state index contributed by atoms with van der Waals surface area (Å²) in [5.41, 5.74) is 0. The van der Waals surface area contributed by atoms with Crippen molar-refractivity contribution in [1.29, 1.82) is 0 Å². The molecule has 0 aromatic rings. The minimum atomic E-state index is -0.124. The average molecular weight is 216 g/mol. The van der Waals surface area contributed by atoms with Crippen molar-refractivity contribution in [3.05, 3.63) is 0 Å². The predicted octanol–water partition coefficient (Wildman–Crippen LogP) is 0.857. The number of likely N-dealkylation sites (N-methyl/N-ethyl adjacent to an activating group) is 1. The van der Waals surface area contributed by atoms with Gasteiger partial charge in [0, 0.05) is 25.7 Å². The fraction of sp³-hybridized carbons (Fsp3) is 0.900. The number of nitrogens with zero attached hydrogens (tertiary/aromatic N) is 2. The average Bonchev–Trinajstić information content (AvgIpc) is 2.15. The molecular formula is C10H20N2OS. The van der Waals surface area contributed by atoms with Gasteiger partial charge < -0.3 is 9.80 Å². The molecule has 1 rings (SSSR count). The normalized spacial score (nSPS) is 26.3. The van der Waals surface area contributed by atoms with Crippen LogP contribution in [-0.4, -0.2) is 53.7 Å². The fourth-order valence-corrected chi connectivity index (χ4v) is 1.98. The number of hydrogen-bond acceptors (Lipinski definition) is 3. The van der Waals surface area contributed by atoms with Crippen molar-refractivity contribution < 1.29 is 4.79 Å². The topological polar surface area (TPSA) is 23.6 Å². The molecule has 2 atom stereocenters. The standard InChI is InChI=1S/C10H20N2OS/c1-4-9(14)10(13)12-6-5-11(3)7-8(12)2/h8-9,14H,4-7H2,1-3H3.